The summed E-state index contributed by atoms with van der Waals surface area (Å²) in [6, 6.07) is 0. The standard InChI is InChI=1S/C6H8O7.C4H11NO/c7-3(8)1-6(13,5(11)12)2-4(9)10;1-3-5(6)4-2/h13H,1-2H2,(H,7,8)(H,9,10)(H,11,12);6H,3-4H2,1-2H3. The second-order valence-corrected chi connectivity index (χ2v) is 3.62. The topological polar surface area (TPSA) is 156 Å². The summed E-state index contributed by atoms with van der Waals surface area (Å²) in [5, 5.41) is 43.6. The summed E-state index contributed by atoms with van der Waals surface area (Å²) >= 11 is 0. The van der Waals surface area contributed by atoms with Crippen molar-refractivity contribution in [2.75, 3.05) is 13.1 Å². The first kappa shape index (κ1) is 19.6. The minimum atomic E-state index is -2.74. The number of nitrogens with zero attached hydrogens (tertiary/aromatic N) is 1. The Morgan fingerprint density at radius 2 is 1.26 bits per heavy atom. The second kappa shape index (κ2) is 9.25. The number of hydrogen-bond donors (Lipinski definition) is 5. The van der Waals surface area contributed by atoms with Crippen molar-refractivity contribution in [3.63, 3.8) is 0 Å². The lowest BCUT2D eigenvalue weighted by atomic mass is 9.96. The molecule has 19 heavy (non-hydrogen) atoms. The summed E-state index contributed by atoms with van der Waals surface area (Å²) in [6.07, 6.45) is -2.29. The number of carbonyl (C=O) groups is 3. The first-order chi connectivity index (χ1) is 8.58. The number of hydroxylamine groups is 2. The molecule has 0 bridgehead atoms. The summed E-state index contributed by atoms with van der Waals surface area (Å²) in [5.41, 5.74) is -2.74. The van der Waals surface area contributed by atoms with Gasteiger partial charge in [-0.15, -0.1) is 0 Å². The number of carboxylic acid groups (broad SMARTS) is 3. The summed E-state index contributed by atoms with van der Waals surface area (Å²) in [5.74, 6) is -5.02. The summed E-state index contributed by atoms with van der Waals surface area (Å²) < 4.78 is 0. The fourth-order valence-electron chi connectivity index (χ4n) is 0.938. The predicted molar refractivity (Wildman–Crippen MR) is 61.8 cm³/mol. The normalized spacial score (nSPS) is 10.6. The molecule has 0 heterocycles. The second-order valence-electron chi connectivity index (χ2n) is 3.62. The van der Waals surface area contributed by atoms with Gasteiger partial charge in [-0.05, 0) is 0 Å². The van der Waals surface area contributed by atoms with E-state index in [0.29, 0.717) is 0 Å². The van der Waals surface area contributed by atoms with Crippen molar-refractivity contribution in [3.8, 4) is 0 Å². The zero-order valence-electron chi connectivity index (χ0n) is 10.7. The molecule has 9 nitrogen and oxygen atoms in total. The number of aliphatic hydroxyl groups is 1. The number of aliphatic carboxylic acids is 3. The van der Waals surface area contributed by atoms with Gasteiger partial charge in [-0.25, -0.2) is 4.79 Å². The Kier molecular flexibility index (Phi) is 9.56. The van der Waals surface area contributed by atoms with Crippen LogP contribution in [-0.4, -0.2) is 67.3 Å². The van der Waals surface area contributed by atoms with Gasteiger partial charge in [0.1, 0.15) is 0 Å². The highest BCUT2D eigenvalue weighted by Crippen LogP contribution is 2.15. The third kappa shape index (κ3) is 9.94. The third-order valence-electron chi connectivity index (χ3n) is 2.02. The molecular weight excluding hydrogens is 262 g/mol. The SMILES string of the molecule is CCN(O)CC.O=C(O)CC(O)(CC(=O)O)C(=O)O. The quantitative estimate of drug-likeness (QED) is 0.387. The van der Waals surface area contributed by atoms with E-state index in [1.54, 1.807) is 0 Å². The molecule has 0 amide bonds. The molecule has 0 aromatic rings. The molecule has 0 aromatic heterocycles. The van der Waals surface area contributed by atoms with Gasteiger partial charge in [0.2, 0.25) is 0 Å². The molecule has 0 aliphatic carbocycles. The Hall–Kier alpha value is -1.71. The van der Waals surface area contributed by atoms with E-state index in [0.717, 1.165) is 13.1 Å². The van der Waals surface area contributed by atoms with Gasteiger partial charge < -0.3 is 25.6 Å². The van der Waals surface area contributed by atoms with Crippen LogP contribution in [-0.2, 0) is 14.4 Å². The Morgan fingerprint density at radius 1 is 0.947 bits per heavy atom. The van der Waals surface area contributed by atoms with Crippen LogP contribution >= 0.6 is 0 Å². The Labute approximate surface area is 109 Å². The molecule has 0 radical (unpaired) electrons. The maximum atomic E-state index is 10.3. The van der Waals surface area contributed by atoms with E-state index >= 15 is 0 Å². The maximum absolute atomic E-state index is 10.3. The van der Waals surface area contributed by atoms with Gasteiger partial charge >= 0.3 is 17.9 Å². The third-order valence-corrected chi connectivity index (χ3v) is 2.02. The Morgan fingerprint density at radius 3 is 1.37 bits per heavy atom. The smallest absolute Gasteiger partial charge is 0.336 e. The first-order valence-corrected chi connectivity index (χ1v) is 5.42. The van der Waals surface area contributed by atoms with Crippen LogP contribution in [0.1, 0.15) is 26.7 Å². The van der Waals surface area contributed by atoms with E-state index in [1.807, 2.05) is 13.8 Å². The van der Waals surface area contributed by atoms with Gasteiger partial charge in [0.15, 0.2) is 5.60 Å². The fourth-order valence-corrected chi connectivity index (χ4v) is 0.938. The van der Waals surface area contributed by atoms with Crippen LogP contribution in [0.2, 0.25) is 0 Å². The molecule has 0 spiro atoms. The summed E-state index contributed by atoms with van der Waals surface area (Å²) in [6.45, 7) is 5.25. The monoisotopic (exact) mass is 281 g/mol. The molecule has 0 fully saturated rings. The molecule has 0 rings (SSSR count). The van der Waals surface area contributed by atoms with Crippen molar-refractivity contribution >= 4 is 17.9 Å². The van der Waals surface area contributed by atoms with Crippen molar-refractivity contribution in [3.05, 3.63) is 0 Å². The molecule has 9 heteroatoms. The summed E-state index contributed by atoms with van der Waals surface area (Å²) in [7, 11) is 0. The Bertz CT molecular complexity index is 297. The van der Waals surface area contributed by atoms with Crippen molar-refractivity contribution in [1.82, 2.24) is 5.06 Å². The molecule has 0 atom stereocenters. The van der Waals surface area contributed by atoms with Crippen LogP contribution in [0.15, 0.2) is 0 Å². The zero-order chi connectivity index (χ0) is 15.6. The van der Waals surface area contributed by atoms with Gasteiger partial charge in [0, 0.05) is 13.1 Å². The number of carboxylic acids is 3. The molecular formula is C10H19NO8. The molecule has 5 N–H and O–H groups in total. The van der Waals surface area contributed by atoms with Crippen molar-refractivity contribution in [2.24, 2.45) is 0 Å². The van der Waals surface area contributed by atoms with Gasteiger partial charge in [0.25, 0.3) is 0 Å². The Balaban J connectivity index is 0. The lowest BCUT2D eigenvalue weighted by Gasteiger charge is -2.18. The average Bonchev–Trinajstić information content (AvgIpc) is 2.26. The first-order valence-electron chi connectivity index (χ1n) is 5.42. The minimum absolute atomic E-state index is 0.719. The highest BCUT2D eigenvalue weighted by molar-refractivity contribution is 5.88. The molecule has 0 saturated heterocycles. The van der Waals surface area contributed by atoms with E-state index in [1.165, 1.54) is 5.06 Å². The highest BCUT2D eigenvalue weighted by atomic mass is 16.5. The molecule has 0 aliphatic rings. The van der Waals surface area contributed by atoms with Crippen LogP contribution in [0.5, 0.6) is 0 Å². The van der Waals surface area contributed by atoms with Crippen LogP contribution < -0.4 is 0 Å². The average molecular weight is 281 g/mol. The number of hydrogen-bond acceptors (Lipinski definition) is 6. The minimum Gasteiger partial charge on any atom is -0.481 e. The van der Waals surface area contributed by atoms with Gasteiger partial charge in [0.05, 0.1) is 12.8 Å². The van der Waals surface area contributed by atoms with Crippen molar-refractivity contribution in [1.29, 1.82) is 0 Å². The van der Waals surface area contributed by atoms with E-state index < -0.39 is 36.4 Å². The summed E-state index contributed by atoms with van der Waals surface area (Å²) in [4.78, 5) is 30.5. The van der Waals surface area contributed by atoms with E-state index in [2.05, 4.69) is 0 Å². The largest absolute Gasteiger partial charge is 0.481 e. The van der Waals surface area contributed by atoms with Crippen LogP contribution in [0.3, 0.4) is 0 Å². The maximum Gasteiger partial charge on any atom is 0.336 e. The van der Waals surface area contributed by atoms with E-state index in [9.17, 15) is 14.4 Å². The van der Waals surface area contributed by atoms with Crippen LogP contribution in [0, 0.1) is 0 Å². The van der Waals surface area contributed by atoms with Crippen LogP contribution in [0.4, 0.5) is 0 Å². The van der Waals surface area contributed by atoms with Crippen molar-refractivity contribution in [2.45, 2.75) is 32.3 Å². The molecule has 0 aromatic carbocycles. The predicted octanol–water partition coefficient (Wildman–Crippen LogP) is -0.531. The fraction of sp³-hybridized carbons (Fsp3) is 0.700. The van der Waals surface area contributed by atoms with E-state index in [4.69, 9.17) is 25.6 Å². The molecule has 0 saturated carbocycles. The van der Waals surface area contributed by atoms with Crippen molar-refractivity contribution < 1.29 is 40.0 Å². The molecule has 112 valence electrons. The number of rotatable bonds is 7. The molecule has 0 unspecified atom stereocenters. The lowest BCUT2D eigenvalue weighted by Crippen LogP contribution is -2.42. The highest BCUT2D eigenvalue weighted by Gasteiger charge is 2.40. The van der Waals surface area contributed by atoms with Crippen LogP contribution in [0.25, 0.3) is 0 Å². The lowest BCUT2D eigenvalue weighted by molar-refractivity contribution is -0.170. The van der Waals surface area contributed by atoms with Gasteiger partial charge in [-0.1, -0.05) is 13.8 Å². The molecule has 0 aliphatic heterocycles. The van der Waals surface area contributed by atoms with Gasteiger partial charge in [-0.2, -0.15) is 5.06 Å². The van der Waals surface area contributed by atoms with E-state index in [-0.39, 0.29) is 0 Å². The zero-order valence-corrected chi connectivity index (χ0v) is 10.7. The van der Waals surface area contributed by atoms with Gasteiger partial charge in [-0.3, -0.25) is 9.59 Å².